The molecule has 3 aromatic rings. The number of amides is 1. The van der Waals surface area contributed by atoms with E-state index >= 15 is 0 Å². The molecule has 2 heterocycles. The fraction of sp³-hybridized carbons (Fsp3) is 0.400. The molecule has 32 heavy (non-hydrogen) atoms. The van der Waals surface area contributed by atoms with Gasteiger partial charge < -0.3 is 4.90 Å². The predicted molar refractivity (Wildman–Crippen MR) is 123 cm³/mol. The van der Waals surface area contributed by atoms with Crippen molar-refractivity contribution in [2.75, 3.05) is 6.54 Å². The maximum atomic E-state index is 13.6. The molecule has 162 valence electrons. The van der Waals surface area contributed by atoms with Crippen molar-refractivity contribution in [3.63, 3.8) is 0 Å². The molecule has 4 aliphatic rings. The number of nitrogens with zero attached hydrogens (tertiary/aromatic N) is 4. The Labute approximate surface area is 196 Å². The third-order valence-electron chi connectivity index (χ3n) is 7.88. The summed E-state index contributed by atoms with van der Waals surface area (Å²) >= 11 is 12.7. The maximum Gasteiger partial charge on any atom is 0.229 e. The zero-order valence-corrected chi connectivity index (χ0v) is 19.0. The largest absolute Gasteiger partial charge is 0.335 e. The lowest BCUT2D eigenvalue weighted by Gasteiger charge is -2.48. The van der Waals surface area contributed by atoms with Crippen LogP contribution in [0.25, 0.3) is 10.9 Å². The van der Waals surface area contributed by atoms with Gasteiger partial charge in [-0.15, -0.1) is 0 Å². The Morgan fingerprint density at radius 3 is 2.81 bits per heavy atom. The van der Waals surface area contributed by atoms with Gasteiger partial charge in [0.25, 0.3) is 0 Å². The fourth-order valence-electron chi connectivity index (χ4n) is 6.15. The molecule has 3 saturated carbocycles. The van der Waals surface area contributed by atoms with E-state index in [-0.39, 0.29) is 17.4 Å². The van der Waals surface area contributed by atoms with Crippen molar-refractivity contribution in [2.24, 2.45) is 17.3 Å². The molecule has 7 heteroatoms. The Morgan fingerprint density at radius 1 is 1.22 bits per heavy atom. The van der Waals surface area contributed by atoms with E-state index in [9.17, 15) is 4.79 Å². The van der Waals surface area contributed by atoms with Gasteiger partial charge in [0.15, 0.2) is 0 Å². The molecule has 2 unspecified atom stereocenters. The molecule has 0 spiro atoms. The lowest BCUT2D eigenvalue weighted by Crippen LogP contribution is -2.53. The topological polar surface area (TPSA) is 61.9 Å². The van der Waals surface area contributed by atoms with Crippen molar-refractivity contribution in [3.8, 4) is 6.07 Å². The Balaban J connectivity index is 1.18. The van der Waals surface area contributed by atoms with Crippen LogP contribution in [0.3, 0.4) is 0 Å². The molecule has 0 radical (unpaired) electrons. The highest BCUT2D eigenvalue weighted by Crippen LogP contribution is 2.64. The summed E-state index contributed by atoms with van der Waals surface area (Å²) in [7, 11) is 0. The van der Waals surface area contributed by atoms with Crippen LogP contribution in [0.1, 0.15) is 42.9 Å². The van der Waals surface area contributed by atoms with Crippen LogP contribution in [0.5, 0.6) is 0 Å². The first-order chi connectivity index (χ1) is 15.5. The van der Waals surface area contributed by atoms with Gasteiger partial charge in [0.05, 0.1) is 44.8 Å². The summed E-state index contributed by atoms with van der Waals surface area (Å²) in [6.45, 7) is 1.60. The van der Waals surface area contributed by atoms with Crippen LogP contribution in [0, 0.1) is 28.6 Å². The van der Waals surface area contributed by atoms with Gasteiger partial charge in [0, 0.05) is 18.5 Å². The number of hydrogen-bond donors (Lipinski definition) is 0. The first-order valence-corrected chi connectivity index (χ1v) is 11.9. The summed E-state index contributed by atoms with van der Waals surface area (Å²) in [6, 6.07) is 13.6. The van der Waals surface area contributed by atoms with Crippen molar-refractivity contribution in [1.82, 2.24) is 14.7 Å². The van der Waals surface area contributed by atoms with E-state index in [1.165, 1.54) is 0 Å². The monoisotopic (exact) mass is 464 g/mol. The Kier molecular flexibility index (Phi) is 4.54. The highest BCUT2D eigenvalue weighted by molar-refractivity contribution is 6.42. The lowest BCUT2D eigenvalue weighted by molar-refractivity contribution is -0.155. The van der Waals surface area contributed by atoms with Crippen LogP contribution >= 0.6 is 23.2 Å². The smallest absolute Gasteiger partial charge is 0.229 e. The summed E-state index contributed by atoms with van der Waals surface area (Å²) in [5.74, 6) is 1.31. The minimum Gasteiger partial charge on any atom is -0.335 e. The van der Waals surface area contributed by atoms with Gasteiger partial charge in [0.2, 0.25) is 5.91 Å². The summed E-state index contributed by atoms with van der Waals surface area (Å²) < 4.78 is 2.04. The molecule has 1 amide bonds. The molecule has 2 atom stereocenters. The number of hydrogen-bond acceptors (Lipinski definition) is 3. The van der Waals surface area contributed by atoms with Gasteiger partial charge in [-0.2, -0.15) is 10.4 Å². The molecule has 5 nitrogen and oxygen atoms in total. The first-order valence-electron chi connectivity index (χ1n) is 11.1. The average molecular weight is 465 g/mol. The first kappa shape index (κ1) is 20.1. The molecule has 4 fully saturated rings. The van der Waals surface area contributed by atoms with E-state index in [0.29, 0.717) is 27.4 Å². The summed E-state index contributed by atoms with van der Waals surface area (Å²) in [6.07, 6.45) is 5.62. The van der Waals surface area contributed by atoms with Gasteiger partial charge in [-0.05, 0) is 67.3 Å². The highest BCUT2D eigenvalue weighted by Gasteiger charge is 2.62. The Morgan fingerprint density at radius 2 is 2.06 bits per heavy atom. The second-order valence-corrected chi connectivity index (χ2v) is 10.4. The molecule has 2 bridgehead atoms. The van der Waals surface area contributed by atoms with Crippen LogP contribution in [0.2, 0.25) is 10.0 Å². The van der Waals surface area contributed by atoms with Crippen LogP contribution in [-0.4, -0.2) is 27.1 Å². The van der Waals surface area contributed by atoms with Crippen LogP contribution < -0.4 is 0 Å². The van der Waals surface area contributed by atoms with E-state index in [1.54, 1.807) is 6.07 Å². The van der Waals surface area contributed by atoms with Crippen molar-refractivity contribution in [1.29, 1.82) is 5.26 Å². The normalized spacial score (nSPS) is 28.3. The maximum absolute atomic E-state index is 13.6. The lowest BCUT2D eigenvalue weighted by atomic mass is 9.67. The van der Waals surface area contributed by atoms with E-state index in [0.717, 1.165) is 55.2 Å². The molecule has 1 saturated heterocycles. The number of halogens is 2. The molecule has 2 aromatic carbocycles. The summed E-state index contributed by atoms with van der Waals surface area (Å²) in [5.41, 5.74) is 2.43. The zero-order valence-electron chi connectivity index (χ0n) is 17.5. The number of benzene rings is 2. The molecule has 0 N–H and O–H groups in total. The van der Waals surface area contributed by atoms with Crippen molar-refractivity contribution >= 4 is 40.0 Å². The quantitative estimate of drug-likeness (QED) is 0.504. The highest BCUT2D eigenvalue weighted by atomic mass is 35.5. The molecule has 3 aliphatic carbocycles. The Bertz CT molecular complexity index is 1290. The minimum absolute atomic E-state index is 0.0329. The summed E-state index contributed by atoms with van der Waals surface area (Å²) in [4.78, 5) is 15.6. The summed E-state index contributed by atoms with van der Waals surface area (Å²) in [5, 5.41) is 15.8. The standard InChI is InChI=1S/C25H22Cl2N4O/c26-20-3-1-2-19(23(20)27)22-6-7-30(22)24(32)25-9-17(10-25)18(11-25)14-31-21-5-4-15(12-28)8-16(21)13-29-31/h1-5,8,13,17-18,22H,6-7,9-11,14H2. The van der Waals surface area contributed by atoms with Crippen LogP contribution in [0.15, 0.2) is 42.6 Å². The number of rotatable bonds is 4. The minimum atomic E-state index is -0.226. The van der Waals surface area contributed by atoms with Gasteiger partial charge >= 0.3 is 0 Å². The van der Waals surface area contributed by atoms with Gasteiger partial charge in [-0.3, -0.25) is 9.48 Å². The van der Waals surface area contributed by atoms with Gasteiger partial charge in [-0.25, -0.2) is 0 Å². The number of carbonyl (C=O) groups excluding carboxylic acids is 1. The fourth-order valence-corrected chi connectivity index (χ4v) is 6.58. The number of nitriles is 1. The van der Waals surface area contributed by atoms with Crippen LogP contribution in [-0.2, 0) is 11.3 Å². The van der Waals surface area contributed by atoms with Crippen LogP contribution in [0.4, 0.5) is 0 Å². The predicted octanol–water partition coefficient (Wildman–Crippen LogP) is 5.60. The van der Waals surface area contributed by atoms with E-state index in [4.69, 9.17) is 28.5 Å². The van der Waals surface area contributed by atoms with E-state index in [2.05, 4.69) is 11.2 Å². The van der Waals surface area contributed by atoms with E-state index in [1.807, 2.05) is 46.1 Å². The third-order valence-corrected chi connectivity index (χ3v) is 8.71. The van der Waals surface area contributed by atoms with Crippen molar-refractivity contribution in [2.45, 2.75) is 38.3 Å². The number of fused-ring (bicyclic) bond motifs is 2. The molecule has 1 aromatic heterocycles. The van der Waals surface area contributed by atoms with Crippen molar-refractivity contribution < 1.29 is 4.79 Å². The van der Waals surface area contributed by atoms with Crippen molar-refractivity contribution in [3.05, 3.63) is 63.8 Å². The third kappa shape index (κ3) is 2.89. The Hall–Kier alpha value is -2.55. The molecular formula is C25H22Cl2N4O. The zero-order chi connectivity index (χ0) is 22.0. The number of aromatic nitrogens is 2. The second kappa shape index (κ2) is 7.23. The number of likely N-dealkylation sites (tertiary alicyclic amines) is 1. The molecule has 7 rings (SSSR count). The SMILES string of the molecule is N#Cc1ccc2c(cnn2CC2CC3(C(=O)N4CCC4c4cccc(Cl)c4Cl)CC2C3)c1. The molecule has 1 aliphatic heterocycles. The second-order valence-electron chi connectivity index (χ2n) is 9.57. The number of carbonyl (C=O) groups is 1. The van der Waals surface area contributed by atoms with Gasteiger partial charge in [-0.1, -0.05) is 35.3 Å². The van der Waals surface area contributed by atoms with Gasteiger partial charge in [0.1, 0.15) is 0 Å². The molecular weight excluding hydrogens is 443 g/mol. The van der Waals surface area contributed by atoms with E-state index < -0.39 is 0 Å². The average Bonchev–Trinajstić information content (AvgIpc) is 3.42.